The van der Waals surface area contributed by atoms with Crippen molar-refractivity contribution >= 4 is 35.1 Å². The van der Waals surface area contributed by atoms with Crippen LogP contribution in [0.1, 0.15) is 25.8 Å². The lowest BCUT2D eigenvalue weighted by Crippen LogP contribution is -2.31. The van der Waals surface area contributed by atoms with Crippen molar-refractivity contribution in [2.45, 2.75) is 20.3 Å². The highest BCUT2D eigenvalue weighted by Crippen LogP contribution is 2.36. The maximum atomic E-state index is 6.28. The van der Waals surface area contributed by atoms with Crippen LogP contribution in [0.5, 0.6) is 11.5 Å². The van der Waals surface area contributed by atoms with Crippen LogP contribution in [0.15, 0.2) is 29.9 Å². The van der Waals surface area contributed by atoms with Crippen molar-refractivity contribution in [1.29, 1.82) is 0 Å². The number of halogens is 1. The minimum atomic E-state index is 0.417. The number of hydrogen-bond donors (Lipinski definition) is 2. The first-order valence-electron chi connectivity index (χ1n) is 7.39. The lowest BCUT2D eigenvalue weighted by Gasteiger charge is -2.13. The second kappa shape index (κ2) is 10.9. The SMILES string of the molecule is C=CCNC(=S)N/N=C/c1cc(Cl)c(OCCC)c(OCC)c1. The van der Waals surface area contributed by atoms with Gasteiger partial charge in [-0.05, 0) is 43.3 Å². The lowest BCUT2D eigenvalue weighted by molar-refractivity contribution is 0.277. The molecule has 0 radical (unpaired) electrons. The van der Waals surface area contributed by atoms with Crippen LogP contribution in [0.2, 0.25) is 5.02 Å². The summed E-state index contributed by atoms with van der Waals surface area (Å²) >= 11 is 11.3. The minimum Gasteiger partial charge on any atom is -0.490 e. The molecule has 0 aromatic heterocycles. The van der Waals surface area contributed by atoms with Crippen LogP contribution in [0.25, 0.3) is 0 Å². The average molecular weight is 356 g/mol. The monoisotopic (exact) mass is 355 g/mol. The molecule has 0 saturated carbocycles. The average Bonchev–Trinajstić information content (AvgIpc) is 2.52. The number of hydrogen-bond acceptors (Lipinski definition) is 4. The predicted molar refractivity (Wildman–Crippen MR) is 99.9 cm³/mol. The molecule has 0 fully saturated rings. The number of benzene rings is 1. The molecule has 1 aromatic rings. The Hall–Kier alpha value is -1.79. The standard InChI is InChI=1S/C16H22ClN3O2S/c1-4-7-18-16(23)20-19-11-12-9-13(17)15(22-8-5-2)14(10-12)21-6-3/h4,9-11H,1,5-8H2,2-3H3,(H2,18,20,23)/b19-11+. The lowest BCUT2D eigenvalue weighted by atomic mass is 10.2. The molecule has 0 aliphatic carbocycles. The van der Waals surface area contributed by atoms with Gasteiger partial charge in [0.25, 0.3) is 0 Å². The fourth-order valence-electron chi connectivity index (χ4n) is 1.64. The normalized spacial score (nSPS) is 10.4. The molecule has 0 aliphatic heterocycles. The first-order valence-corrected chi connectivity index (χ1v) is 8.17. The second-order valence-electron chi connectivity index (χ2n) is 4.48. The number of nitrogens with one attached hydrogen (secondary N) is 2. The highest BCUT2D eigenvalue weighted by molar-refractivity contribution is 7.80. The van der Waals surface area contributed by atoms with Crippen molar-refractivity contribution in [2.75, 3.05) is 19.8 Å². The molecule has 1 rings (SSSR count). The van der Waals surface area contributed by atoms with Crippen molar-refractivity contribution in [1.82, 2.24) is 10.7 Å². The Morgan fingerprint density at radius 2 is 2.17 bits per heavy atom. The number of rotatable bonds is 9. The van der Waals surface area contributed by atoms with E-state index in [4.69, 9.17) is 33.3 Å². The molecule has 1 aromatic carbocycles. The minimum absolute atomic E-state index is 0.417. The van der Waals surface area contributed by atoms with Gasteiger partial charge in [-0.3, -0.25) is 5.43 Å². The van der Waals surface area contributed by atoms with E-state index >= 15 is 0 Å². The van der Waals surface area contributed by atoms with Gasteiger partial charge in [-0.25, -0.2) is 0 Å². The summed E-state index contributed by atoms with van der Waals surface area (Å²) in [7, 11) is 0. The molecule has 0 atom stereocenters. The summed E-state index contributed by atoms with van der Waals surface area (Å²) in [5.41, 5.74) is 3.49. The molecular weight excluding hydrogens is 334 g/mol. The summed E-state index contributed by atoms with van der Waals surface area (Å²) in [5.74, 6) is 1.16. The number of nitrogens with zero attached hydrogens (tertiary/aromatic N) is 1. The van der Waals surface area contributed by atoms with E-state index in [9.17, 15) is 0 Å². The Bertz CT molecular complexity index is 565. The zero-order valence-electron chi connectivity index (χ0n) is 13.4. The van der Waals surface area contributed by atoms with Gasteiger partial charge in [-0.15, -0.1) is 6.58 Å². The molecule has 0 amide bonds. The van der Waals surface area contributed by atoms with Gasteiger partial charge in [0, 0.05) is 6.54 Å². The Morgan fingerprint density at radius 1 is 1.39 bits per heavy atom. The third-order valence-corrected chi connectivity index (χ3v) is 3.09. The van der Waals surface area contributed by atoms with E-state index in [0.29, 0.717) is 41.4 Å². The molecule has 23 heavy (non-hydrogen) atoms. The van der Waals surface area contributed by atoms with Gasteiger partial charge in [0.15, 0.2) is 16.6 Å². The van der Waals surface area contributed by atoms with Gasteiger partial charge in [-0.1, -0.05) is 24.6 Å². The molecular formula is C16H22ClN3O2S. The van der Waals surface area contributed by atoms with Crippen LogP contribution >= 0.6 is 23.8 Å². The van der Waals surface area contributed by atoms with Gasteiger partial charge in [0.1, 0.15) is 0 Å². The van der Waals surface area contributed by atoms with Gasteiger partial charge in [0.2, 0.25) is 0 Å². The first kappa shape index (κ1) is 19.3. The van der Waals surface area contributed by atoms with Crippen molar-refractivity contribution in [3.05, 3.63) is 35.4 Å². The first-order chi connectivity index (χ1) is 11.1. The van der Waals surface area contributed by atoms with Crippen molar-refractivity contribution in [2.24, 2.45) is 5.10 Å². The predicted octanol–water partition coefficient (Wildman–Crippen LogP) is 3.51. The molecule has 5 nitrogen and oxygen atoms in total. The highest BCUT2D eigenvalue weighted by Gasteiger charge is 2.11. The summed E-state index contributed by atoms with van der Waals surface area (Å²) in [6.45, 7) is 9.21. The molecule has 0 bridgehead atoms. The third kappa shape index (κ3) is 6.88. The van der Waals surface area contributed by atoms with Crippen molar-refractivity contribution in [3.63, 3.8) is 0 Å². The van der Waals surface area contributed by atoms with Crippen molar-refractivity contribution in [3.8, 4) is 11.5 Å². The fraction of sp³-hybridized carbons (Fsp3) is 0.375. The summed E-state index contributed by atoms with van der Waals surface area (Å²) in [4.78, 5) is 0. The Morgan fingerprint density at radius 3 is 2.83 bits per heavy atom. The van der Waals surface area contributed by atoms with E-state index in [2.05, 4.69) is 22.4 Å². The van der Waals surface area contributed by atoms with Gasteiger partial charge >= 0.3 is 0 Å². The molecule has 2 N–H and O–H groups in total. The van der Waals surface area contributed by atoms with E-state index in [-0.39, 0.29) is 0 Å². The van der Waals surface area contributed by atoms with Crippen LogP contribution in [-0.2, 0) is 0 Å². The van der Waals surface area contributed by atoms with Gasteiger partial charge < -0.3 is 14.8 Å². The molecule has 0 aliphatic rings. The Kier molecular flexibility index (Phi) is 9.09. The number of thiocarbonyl (C=S) groups is 1. The maximum absolute atomic E-state index is 6.28. The quantitative estimate of drug-likeness (QED) is 0.307. The largest absolute Gasteiger partial charge is 0.490 e. The van der Waals surface area contributed by atoms with Crippen LogP contribution in [0.3, 0.4) is 0 Å². The second-order valence-corrected chi connectivity index (χ2v) is 5.30. The topological polar surface area (TPSA) is 54.9 Å². The van der Waals surface area contributed by atoms with Crippen LogP contribution in [0.4, 0.5) is 0 Å². The molecule has 0 heterocycles. The smallest absolute Gasteiger partial charge is 0.187 e. The molecule has 0 unspecified atom stereocenters. The zero-order chi connectivity index (χ0) is 17.1. The molecule has 0 spiro atoms. The number of ether oxygens (including phenoxy) is 2. The maximum Gasteiger partial charge on any atom is 0.187 e. The van der Waals surface area contributed by atoms with Crippen LogP contribution < -0.4 is 20.2 Å². The van der Waals surface area contributed by atoms with Crippen LogP contribution in [-0.4, -0.2) is 31.1 Å². The van der Waals surface area contributed by atoms with E-state index < -0.39 is 0 Å². The molecule has 126 valence electrons. The molecule has 0 saturated heterocycles. The summed E-state index contributed by atoms with van der Waals surface area (Å²) in [6, 6.07) is 3.59. The van der Waals surface area contributed by atoms with Crippen LogP contribution in [0, 0.1) is 0 Å². The zero-order valence-corrected chi connectivity index (χ0v) is 15.0. The Balaban J connectivity index is 2.83. The summed E-state index contributed by atoms with van der Waals surface area (Å²) in [5, 5.41) is 7.87. The number of hydrazone groups is 1. The van der Waals surface area contributed by atoms with E-state index in [1.165, 1.54) is 0 Å². The van der Waals surface area contributed by atoms with Gasteiger partial charge in [-0.2, -0.15) is 5.10 Å². The summed E-state index contributed by atoms with van der Waals surface area (Å²) in [6.07, 6.45) is 4.21. The summed E-state index contributed by atoms with van der Waals surface area (Å²) < 4.78 is 11.2. The highest BCUT2D eigenvalue weighted by atomic mass is 35.5. The van der Waals surface area contributed by atoms with E-state index in [1.54, 1.807) is 18.4 Å². The molecule has 7 heteroatoms. The fourth-order valence-corrected chi connectivity index (χ4v) is 2.05. The van der Waals surface area contributed by atoms with E-state index in [0.717, 1.165) is 12.0 Å². The third-order valence-electron chi connectivity index (χ3n) is 2.57. The Labute approximate surface area is 147 Å². The van der Waals surface area contributed by atoms with Crippen molar-refractivity contribution < 1.29 is 9.47 Å². The van der Waals surface area contributed by atoms with Gasteiger partial charge in [0.05, 0.1) is 24.5 Å². The van der Waals surface area contributed by atoms with E-state index in [1.807, 2.05) is 19.9 Å².